The van der Waals surface area contributed by atoms with Gasteiger partial charge < -0.3 is 5.32 Å². The number of carbonyl (C=O) groups is 1. The number of nitrogens with one attached hydrogen (secondary N) is 1. The molecule has 1 amide bonds. The van der Waals surface area contributed by atoms with Crippen molar-refractivity contribution >= 4 is 5.91 Å². The second-order valence-electron chi connectivity index (χ2n) is 6.02. The Kier molecular flexibility index (Phi) is 4.84. The van der Waals surface area contributed by atoms with E-state index < -0.39 is 0 Å². The van der Waals surface area contributed by atoms with Crippen molar-refractivity contribution in [3.8, 4) is 0 Å². The first-order valence-corrected chi connectivity index (χ1v) is 8.08. The largest absolute Gasteiger partial charge is 0.344 e. The van der Waals surface area contributed by atoms with Crippen LogP contribution in [0.1, 0.15) is 49.4 Å². The molecule has 1 aliphatic carbocycles. The van der Waals surface area contributed by atoms with E-state index in [0.717, 1.165) is 11.3 Å². The Labute approximate surface area is 131 Å². The summed E-state index contributed by atoms with van der Waals surface area (Å²) in [6.07, 6.45) is 7.31. The number of amides is 1. The molecule has 0 spiro atoms. The molecule has 0 unspecified atom stereocenters. The van der Waals surface area contributed by atoms with Crippen LogP contribution in [0.2, 0.25) is 0 Å². The van der Waals surface area contributed by atoms with Gasteiger partial charge in [0.15, 0.2) is 0 Å². The predicted octanol–water partition coefficient (Wildman–Crippen LogP) is 3.87. The van der Waals surface area contributed by atoms with Gasteiger partial charge in [-0.15, -0.1) is 0 Å². The minimum atomic E-state index is -0.170. The van der Waals surface area contributed by atoms with E-state index >= 15 is 0 Å². The van der Waals surface area contributed by atoms with Gasteiger partial charge in [-0.2, -0.15) is 0 Å². The van der Waals surface area contributed by atoms with E-state index in [1.54, 1.807) is 6.20 Å². The molecule has 0 radical (unpaired) electrons. The Morgan fingerprint density at radius 3 is 2.50 bits per heavy atom. The summed E-state index contributed by atoms with van der Waals surface area (Å²) < 4.78 is 0. The van der Waals surface area contributed by atoms with Crippen LogP contribution in [-0.4, -0.2) is 10.9 Å². The lowest BCUT2D eigenvalue weighted by molar-refractivity contribution is -0.122. The molecule has 1 heterocycles. The van der Waals surface area contributed by atoms with Crippen molar-refractivity contribution in [1.82, 2.24) is 10.3 Å². The van der Waals surface area contributed by atoms with Crippen LogP contribution in [0.25, 0.3) is 0 Å². The average molecular weight is 294 g/mol. The molecule has 2 aromatic rings. The van der Waals surface area contributed by atoms with Gasteiger partial charge in [-0.1, -0.05) is 49.2 Å². The average Bonchev–Trinajstić information content (AvgIpc) is 3.07. The summed E-state index contributed by atoms with van der Waals surface area (Å²) in [6.45, 7) is 0. The van der Waals surface area contributed by atoms with E-state index in [-0.39, 0.29) is 11.9 Å². The number of rotatable bonds is 5. The van der Waals surface area contributed by atoms with Gasteiger partial charge >= 0.3 is 0 Å². The first-order valence-electron chi connectivity index (χ1n) is 8.08. The van der Waals surface area contributed by atoms with E-state index in [0.29, 0.717) is 12.3 Å². The van der Waals surface area contributed by atoms with Crippen LogP contribution < -0.4 is 5.32 Å². The molecule has 0 saturated heterocycles. The molecule has 3 heteroatoms. The van der Waals surface area contributed by atoms with Crippen LogP contribution in [0.3, 0.4) is 0 Å². The third-order valence-corrected chi connectivity index (χ3v) is 4.37. The molecule has 1 aliphatic rings. The first-order chi connectivity index (χ1) is 10.8. The molecule has 0 aliphatic heterocycles. The van der Waals surface area contributed by atoms with Crippen molar-refractivity contribution in [3.05, 3.63) is 66.0 Å². The number of hydrogen-bond acceptors (Lipinski definition) is 2. The molecule has 3 rings (SSSR count). The fourth-order valence-electron chi connectivity index (χ4n) is 3.22. The summed E-state index contributed by atoms with van der Waals surface area (Å²) in [5, 5.41) is 3.18. The molecule has 1 saturated carbocycles. The van der Waals surface area contributed by atoms with Gasteiger partial charge in [0.2, 0.25) is 5.91 Å². The lowest BCUT2D eigenvalue weighted by atomic mass is 10.0. The highest BCUT2D eigenvalue weighted by Gasteiger charge is 2.22. The quantitative estimate of drug-likeness (QED) is 0.909. The van der Waals surface area contributed by atoms with E-state index in [1.165, 1.54) is 25.7 Å². The molecule has 114 valence electrons. The zero-order chi connectivity index (χ0) is 15.2. The van der Waals surface area contributed by atoms with Crippen molar-refractivity contribution in [1.29, 1.82) is 0 Å². The zero-order valence-corrected chi connectivity index (χ0v) is 12.7. The third kappa shape index (κ3) is 3.73. The predicted molar refractivity (Wildman–Crippen MR) is 87.2 cm³/mol. The van der Waals surface area contributed by atoms with Gasteiger partial charge in [-0.05, 0) is 36.5 Å². The standard InChI is InChI=1S/C19H22N2O/c22-18(14-15-8-4-5-9-15)21-19(16-10-2-1-3-11-16)17-12-6-7-13-20-17/h1-3,6-7,10-13,15,19H,4-5,8-9,14H2,(H,21,22)/t19-/m0/s1. The molecule has 1 N–H and O–H groups in total. The highest BCUT2D eigenvalue weighted by atomic mass is 16.1. The molecular weight excluding hydrogens is 272 g/mol. The summed E-state index contributed by atoms with van der Waals surface area (Å²) in [5.41, 5.74) is 1.95. The Hall–Kier alpha value is -2.16. The smallest absolute Gasteiger partial charge is 0.221 e. The lowest BCUT2D eigenvalue weighted by Crippen LogP contribution is -2.30. The minimum Gasteiger partial charge on any atom is -0.344 e. The Morgan fingerprint density at radius 2 is 1.82 bits per heavy atom. The summed E-state index contributed by atoms with van der Waals surface area (Å²) in [7, 11) is 0. The number of nitrogens with zero attached hydrogens (tertiary/aromatic N) is 1. The van der Waals surface area contributed by atoms with Crippen LogP contribution in [0.4, 0.5) is 0 Å². The second-order valence-corrected chi connectivity index (χ2v) is 6.02. The van der Waals surface area contributed by atoms with Crippen LogP contribution in [-0.2, 0) is 4.79 Å². The number of hydrogen-bond donors (Lipinski definition) is 1. The second kappa shape index (κ2) is 7.21. The fraction of sp³-hybridized carbons (Fsp3) is 0.368. The molecule has 0 bridgehead atoms. The van der Waals surface area contributed by atoms with E-state index in [2.05, 4.69) is 10.3 Å². The molecule has 1 atom stereocenters. The first kappa shape index (κ1) is 14.8. The zero-order valence-electron chi connectivity index (χ0n) is 12.7. The summed E-state index contributed by atoms with van der Waals surface area (Å²) >= 11 is 0. The summed E-state index contributed by atoms with van der Waals surface area (Å²) in [6, 6.07) is 15.7. The van der Waals surface area contributed by atoms with Gasteiger partial charge in [0.25, 0.3) is 0 Å². The van der Waals surface area contributed by atoms with Crippen molar-refractivity contribution in [2.45, 2.75) is 38.1 Å². The van der Waals surface area contributed by atoms with Gasteiger partial charge in [0.1, 0.15) is 0 Å². The van der Waals surface area contributed by atoms with Gasteiger partial charge in [-0.25, -0.2) is 0 Å². The highest BCUT2D eigenvalue weighted by Crippen LogP contribution is 2.28. The number of pyridine rings is 1. The van der Waals surface area contributed by atoms with Crippen LogP contribution in [0, 0.1) is 5.92 Å². The highest BCUT2D eigenvalue weighted by molar-refractivity contribution is 5.77. The minimum absolute atomic E-state index is 0.131. The number of carbonyl (C=O) groups excluding carboxylic acids is 1. The van der Waals surface area contributed by atoms with Crippen molar-refractivity contribution in [2.24, 2.45) is 5.92 Å². The van der Waals surface area contributed by atoms with Crippen molar-refractivity contribution < 1.29 is 4.79 Å². The van der Waals surface area contributed by atoms with Crippen molar-refractivity contribution in [3.63, 3.8) is 0 Å². The number of benzene rings is 1. The topological polar surface area (TPSA) is 42.0 Å². The van der Waals surface area contributed by atoms with Crippen LogP contribution in [0.5, 0.6) is 0 Å². The number of aromatic nitrogens is 1. The Balaban J connectivity index is 1.75. The maximum absolute atomic E-state index is 12.4. The van der Waals surface area contributed by atoms with Gasteiger partial charge in [0, 0.05) is 12.6 Å². The monoisotopic (exact) mass is 294 g/mol. The van der Waals surface area contributed by atoms with E-state index in [9.17, 15) is 4.79 Å². The molecule has 3 nitrogen and oxygen atoms in total. The van der Waals surface area contributed by atoms with E-state index in [4.69, 9.17) is 0 Å². The Bertz CT molecular complexity index is 552. The summed E-state index contributed by atoms with van der Waals surface area (Å²) in [5.74, 6) is 0.687. The lowest BCUT2D eigenvalue weighted by Gasteiger charge is -2.20. The van der Waals surface area contributed by atoms with Gasteiger partial charge in [-0.3, -0.25) is 9.78 Å². The van der Waals surface area contributed by atoms with Crippen LogP contribution in [0.15, 0.2) is 54.7 Å². The van der Waals surface area contributed by atoms with Crippen LogP contribution >= 0.6 is 0 Å². The molecule has 22 heavy (non-hydrogen) atoms. The SMILES string of the molecule is O=C(CC1CCCC1)N[C@@H](c1ccccc1)c1ccccn1. The van der Waals surface area contributed by atoms with E-state index in [1.807, 2.05) is 48.5 Å². The van der Waals surface area contributed by atoms with Crippen molar-refractivity contribution in [2.75, 3.05) is 0 Å². The van der Waals surface area contributed by atoms with Gasteiger partial charge in [0.05, 0.1) is 11.7 Å². The molecule has 1 fully saturated rings. The molecule has 1 aromatic heterocycles. The maximum atomic E-state index is 12.4. The molecule has 1 aromatic carbocycles. The Morgan fingerprint density at radius 1 is 1.09 bits per heavy atom. The summed E-state index contributed by atoms with van der Waals surface area (Å²) in [4.78, 5) is 16.8. The molecular formula is C19H22N2O. The maximum Gasteiger partial charge on any atom is 0.221 e. The third-order valence-electron chi connectivity index (χ3n) is 4.37. The fourth-order valence-corrected chi connectivity index (χ4v) is 3.22. The normalized spacial score (nSPS) is 16.4.